The Morgan fingerprint density at radius 3 is 2.61 bits per heavy atom. The van der Waals surface area contributed by atoms with Crippen LogP contribution in [0.25, 0.3) is 0 Å². The standard InChI is InChI=1S/C18H22F3N5O2/c1-12-16(24-25-26(12)14-6-8-22-9-7-14)17(27)23-10-11-28-15-4-2-13(3-5-15)18(19,20)21/h2-5,14,22H,6-11H2,1H3,(H,23,27). The Labute approximate surface area is 160 Å². The Morgan fingerprint density at radius 2 is 1.96 bits per heavy atom. The van der Waals surface area contributed by atoms with Gasteiger partial charge < -0.3 is 15.4 Å². The van der Waals surface area contributed by atoms with Crippen LogP contribution in [0.3, 0.4) is 0 Å². The van der Waals surface area contributed by atoms with Crippen LogP contribution in [0, 0.1) is 6.92 Å². The summed E-state index contributed by atoms with van der Waals surface area (Å²) in [6.07, 6.45) is -2.51. The predicted molar refractivity (Wildman–Crippen MR) is 95.2 cm³/mol. The highest BCUT2D eigenvalue weighted by molar-refractivity contribution is 5.93. The number of nitrogens with zero attached hydrogens (tertiary/aromatic N) is 3. The van der Waals surface area contributed by atoms with Gasteiger partial charge in [0.15, 0.2) is 5.69 Å². The number of amides is 1. The van der Waals surface area contributed by atoms with Gasteiger partial charge in [-0.3, -0.25) is 4.79 Å². The Kier molecular flexibility index (Phi) is 6.18. The molecule has 3 rings (SSSR count). The second-order valence-corrected chi connectivity index (χ2v) is 6.58. The van der Waals surface area contributed by atoms with E-state index in [1.807, 2.05) is 6.92 Å². The van der Waals surface area contributed by atoms with Crippen LogP contribution in [0.15, 0.2) is 24.3 Å². The van der Waals surface area contributed by atoms with Crippen molar-refractivity contribution in [2.45, 2.75) is 32.0 Å². The average Bonchev–Trinajstić information content (AvgIpc) is 3.07. The molecule has 1 amide bonds. The maximum Gasteiger partial charge on any atom is 0.416 e. The van der Waals surface area contributed by atoms with E-state index in [1.54, 1.807) is 4.68 Å². The molecule has 7 nitrogen and oxygen atoms in total. The first-order valence-electron chi connectivity index (χ1n) is 9.07. The molecule has 1 saturated heterocycles. The first-order chi connectivity index (χ1) is 13.4. The lowest BCUT2D eigenvalue weighted by Crippen LogP contribution is -2.31. The summed E-state index contributed by atoms with van der Waals surface area (Å²) in [6.45, 7) is 3.95. The number of piperidine rings is 1. The van der Waals surface area contributed by atoms with E-state index in [9.17, 15) is 18.0 Å². The van der Waals surface area contributed by atoms with E-state index in [2.05, 4.69) is 20.9 Å². The predicted octanol–water partition coefficient (Wildman–Crippen LogP) is 2.34. The summed E-state index contributed by atoms with van der Waals surface area (Å²) in [7, 11) is 0. The monoisotopic (exact) mass is 397 g/mol. The zero-order chi connectivity index (χ0) is 20.1. The summed E-state index contributed by atoms with van der Waals surface area (Å²) in [5.74, 6) is -0.0519. The molecule has 0 atom stereocenters. The van der Waals surface area contributed by atoms with Gasteiger partial charge in [-0.05, 0) is 57.1 Å². The van der Waals surface area contributed by atoms with Gasteiger partial charge >= 0.3 is 6.18 Å². The maximum absolute atomic E-state index is 12.5. The summed E-state index contributed by atoms with van der Waals surface area (Å²) in [6, 6.07) is 4.64. The number of alkyl halides is 3. The van der Waals surface area contributed by atoms with Crippen molar-refractivity contribution in [1.29, 1.82) is 0 Å². The summed E-state index contributed by atoms with van der Waals surface area (Å²) in [5.41, 5.74) is 0.251. The summed E-state index contributed by atoms with van der Waals surface area (Å²) in [5, 5.41) is 14.1. The van der Waals surface area contributed by atoms with E-state index in [0.29, 0.717) is 11.4 Å². The fraction of sp³-hybridized carbons (Fsp3) is 0.500. The zero-order valence-electron chi connectivity index (χ0n) is 15.4. The topological polar surface area (TPSA) is 81.1 Å². The van der Waals surface area contributed by atoms with E-state index in [0.717, 1.165) is 38.1 Å². The molecule has 2 aromatic rings. The summed E-state index contributed by atoms with van der Waals surface area (Å²) in [4.78, 5) is 12.3. The zero-order valence-corrected chi connectivity index (χ0v) is 15.4. The molecule has 1 aliphatic rings. The van der Waals surface area contributed by atoms with Gasteiger partial charge in [0.2, 0.25) is 0 Å². The highest BCUT2D eigenvalue weighted by Crippen LogP contribution is 2.30. The fourth-order valence-corrected chi connectivity index (χ4v) is 3.11. The molecule has 1 aromatic heterocycles. The minimum Gasteiger partial charge on any atom is -0.492 e. The molecule has 1 fully saturated rings. The fourth-order valence-electron chi connectivity index (χ4n) is 3.11. The van der Waals surface area contributed by atoms with Crippen LogP contribution >= 0.6 is 0 Å². The highest BCUT2D eigenvalue weighted by Gasteiger charge is 2.30. The third-order valence-electron chi connectivity index (χ3n) is 4.64. The van der Waals surface area contributed by atoms with Gasteiger partial charge in [-0.1, -0.05) is 5.21 Å². The lowest BCUT2D eigenvalue weighted by Gasteiger charge is -2.23. The second kappa shape index (κ2) is 8.59. The Bertz CT molecular complexity index is 799. The van der Waals surface area contributed by atoms with Crippen LogP contribution in [0.5, 0.6) is 5.75 Å². The largest absolute Gasteiger partial charge is 0.492 e. The second-order valence-electron chi connectivity index (χ2n) is 6.58. The van der Waals surface area contributed by atoms with E-state index in [4.69, 9.17) is 4.74 Å². The number of aromatic nitrogens is 3. The van der Waals surface area contributed by atoms with E-state index in [1.165, 1.54) is 12.1 Å². The van der Waals surface area contributed by atoms with E-state index < -0.39 is 11.7 Å². The van der Waals surface area contributed by atoms with Crippen molar-refractivity contribution in [3.8, 4) is 5.75 Å². The molecule has 2 heterocycles. The van der Waals surface area contributed by atoms with Crippen molar-refractivity contribution in [2.75, 3.05) is 26.2 Å². The smallest absolute Gasteiger partial charge is 0.416 e. The molecular formula is C18H22F3N5O2. The van der Waals surface area contributed by atoms with Crippen LogP contribution in [0.4, 0.5) is 13.2 Å². The Morgan fingerprint density at radius 1 is 1.29 bits per heavy atom. The first-order valence-corrected chi connectivity index (χ1v) is 9.07. The third kappa shape index (κ3) is 4.80. The molecule has 152 valence electrons. The number of carbonyl (C=O) groups is 1. The summed E-state index contributed by atoms with van der Waals surface area (Å²) >= 11 is 0. The molecule has 1 aliphatic heterocycles. The SMILES string of the molecule is Cc1c(C(=O)NCCOc2ccc(C(F)(F)F)cc2)nnn1C1CCNCC1. The molecule has 1 aromatic carbocycles. The summed E-state index contributed by atoms with van der Waals surface area (Å²) < 4.78 is 44.7. The number of ether oxygens (including phenoxy) is 1. The highest BCUT2D eigenvalue weighted by atomic mass is 19.4. The van der Waals surface area contributed by atoms with Crippen LogP contribution < -0.4 is 15.4 Å². The van der Waals surface area contributed by atoms with Crippen LogP contribution in [-0.4, -0.2) is 47.1 Å². The number of nitrogens with one attached hydrogen (secondary N) is 2. The lowest BCUT2D eigenvalue weighted by molar-refractivity contribution is -0.137. The van der Waals surface area contributed by atoms with Crippen molar-refractivity contribution in [3.63, 3.8) is 0 Å². The van der Waals surface area contributed by atoms with E-state index >= 15 is 0 Å². The van der Waals surface area contributed by atoms with Crippen molar-refractivity contribution in [1.82, 2.24) is 25.6 Å². The van der Waals surface area contributed by atoms with Gasteiger partial charge in [0.25, 0.3) is 5.91 Å². The van der Waals surface area contributed by atoms with Crippen molar-refractivity contribution >= 4 is 5.91 Å². The number of benzene rings is 1. The Hall–Kier alpha value is -2.62. The van der Waals surface area contributed by atoms with Crippen molar-refractivity contribution in [2.24, 2.45) is 0 Å². The quantitative estimate of drug-likeness (QED) is 0.732. The molecule has 28 heavy (non-hydrogen) atoms. The van der Waals surface area contributed by atoms with Crippen LogP contribution in [0.2, 0.25) is 0 Å². The Balaban J connectivity index is 1.47. The average molecular weight is 397 g/mol. The van der Waals surface area contributed by atoms with Crippen LogP contribution in [-0.2, 0) is 6.18 Å². The number of halogens is 3. The molecule has 0 saturated carbocycles. The van der Waals surface area contributed by atoms with Gasteiger partial charge in [0.05, 0.1) is 23.8 Å². The first kappa shape index (κ1) is 20.1. The lowest BCUT2D eigenvalue weighted by atomic mass is 10.1. The number of hydrogen-bond acceptors (Lipinski definition) is 5. The molecular weight excluding hydrogens is 375 g/mol. The maximum atomic E-state index is 12.5. The molecule has 0 radical (unpaired) electrons. The number of carbonyl (C=O) groups excluding carboxylic acids is 1. The minimum absolute atomic E-state index is 0.124. The van der Waals surface area contributed by atoms with E-state index in [-0.39, 0.29) is 30.8 Å². The van der Waals surface area contributed by atoms with Crippen LogP contribution in [0.1, 0.15) is 40.6 Å². The van der Waals surface area contributed by atoms with Gasteiger partial charge in [-0.2, -0.15) is 13.2 Å². The van der Waals surface area contributed by atoms with Crippen molar-refractivity contribution in [3.05, 3.63) is 41.2 Å². The molecule has 0 unspecified atom stereocenters. The van der Waals surface area contributed by atoms with Gasteiger partial charge in [0.1, 0.15) is 12.4 Å². The molecule has 0 bridgehead atoms. The van der Waals surface area contributed by atoms with Gasteiger partial charge in [-0.25, -0.2) is 4.68 Å². The minimum atomic E-state index is -4.38. The number of hydrogen-bond donors (Lipinski definition) is 2. The van der Waals surface area contributed by atoms with Gasteiger partial charge in [-0.15, -0.1) is 5.10 Å². The third-order valence-corrected chi connectivity index (χ3v) is 4.64. The molecule has 0 spiro atoms. The molecule has 0 aliphatic carbocycles. The molecule has 2 N–H and O–H groups in total. The number of rotatable bonds is 6. The van der Waals surface area contributed by atoms with Gasteiger partial charge in [0, 0.05) is 0 Å². The van der Waals surface area contributed by atoms with Crippen molar-refractivity contribution < 1.29 is 22.7 Å². The molecule has 10 heteroatoms. The normalized spacial score (nSPS) is 15.4.